The van der Waals surface area contributed by atoms with Crippen LogP contribution in [0.25, 0.3) is 0 Å². The maximum atomic E-state index is 12.1. The van der Waals surface area contributed by atoms with Crippen molar-refractivity contribution in [2.75, 3.05) is 24.7 Å². The Balaban J connectivity index is 1.84. The van der Waals surface area contributed by atoms with Crippen molar-refractivity contribution >= 4 is 21.6 Å². The second kappa shape index (κ2) is 9.50. The predicted octanol–water partition coefficient (Wildman–Crippen LogP) is 3.22. The van der Waals surface area contributed by atoms with Gasteiger partial charge in [0.05, 0.1) is 6.26 Å². The van der Waals surface area contributed by atoms with E-state index in [4.69, 9.17) is 0 Å². The molecule has 140 valence electrons. The number of carbonyl (C=O) groups is 1. The van der Waals surface area contributed by atoms with Gasteiger partial charge in [-0.05, 0) is 43.0 Å². The van der Waals surface area contributed by atoms with Gasteiger partial charge in [0.1, 0.15) is 0 Å². The first-order chi connectivity index (χ1) is 12.3. The molecule has 0 unspecified atom stereocenters. The summed E-state index contributed by atoms with van der Waals surface area (Å²) in [6, 6.07) is 17.5. The summed E-state index contributed by atoms with van der Waals surface area (Å²) in [5.41, 5.74) is 2.96. The number of amides is 1. The third kappa shape index (κ3) is 6.98. The first-order valence-corrected chi connectivity index (χ1v) is 10.5. The Morgan fingerprint density at radius 3 is 2.42 bits per heavy atom. The van der Waals surface area contributed by atoms with Gasteiger partial charge in [-0.15, -0.1) is 0 Å². The maximum absolute atomic E-state index is 12.1. The lowest BCUT2D eigenvalue weighted by molar-refractivity contribution is -0.116. The van der Waals surface area contributed by atoms with Crippen molar-refractivity contribution in [1.82, 2.24) is 4.31 Å². The number of nitrogens with one attached hydrogen (secondary N) is 1. The van der Waals surface area contributed by atoms with Gasteiger partial charge >= 0.3 is 0 Å². The Morgan fingerprint density at radius 2 is 1.77 bits per heavy atom. The number of anilines is 1. The molecule has 0 spiro atoms. The molecule has 2 aromatic rings. The van der Waals surface area contributed by atoms with Crippen molar-refractivity contribution in [2.24, 2.45) is 0 Å². The highest BCUT2D eigenvalue weighted by atomic mass is 32.2. The van der Waals surface area contributed by atoms with E-state index in [9.17, 15) is 13.2 Å². The van der Waals surface area contributed by atoms with Crippen molar-refractivity contribution in [2.45, 2.75) is 26.2 Å². The van der Waals surface area contributed by atoms with Gasteiger partial charge in [0.25, 0.3) is 0 Å². The largest absolute Gasteiger partial charge is 0.326 e. The van der Waals surface area contributed by atoms with Gasteiger partial charge in [0.2, 0.25) is 15.9 Å². The molecule has 0 bridgehead atoms. The van der Waals surface area contributed by atoms with Gasteiger partial charge in [0, 0.05) is 25.2 Å². The van der Waals surface area contributed by atoms with E-state index in [2.05, 4.69) is 5.32 Å². The number of sulfonamides is 1. The molecule has 0 aliphatic heterocycles. The smallest absolute Gasteiger partial charge is 0.225 e. The minimum atomic E-state index is -3.34. The molecule has 0 aromatic heterocycles. The number of nitrogens with zero attached hydrogens (tertiary/aromatic N) is 1. The lowest BCUT2D eigenvalue weighted by Crippen LogP contribution is -2.34. The van der Waals surface area contributed by atoms with Gasteiger partial charge < -0.3 is 5.32 Å². The van der Waals surface area contributed by atoms with E-state index < -0.39 is 10.0 Å². The molecule has 5 nitrogen and oxygen atoms in total. The fraction of sp³-hybridized carbons (Fsp3) is 0.350. The minimum Gasteiger partial charge on any atom is -0.326 e. The minimum absolute atomic E-state index is 0.131. The van der Waals surface area contributed by atoms with Crippen LogP contribution in [0.15, 0.2) is 54.6 Å². The normalized spacial score (nSPS) is 11.5. The molecule has 1 N–H and O–H groups in total. The zero-order valence-electron chi connectivity index (χ0n) is 15.3. The third-order valence-electron chi connectivity index (χ3n) is 4.07. The van der Waals surface area contributed by atoms with Gasteiger partial charge in [0.15, 0.2) is 0 Å². The van der Waals surface area contributed by atoms with Gasteiger partial charge in [-0.25, -0.2) is 12.7 Å². The quantitative estimate of drug-likeness (QED) is 0.733. The zero-order valence-corrected chi connectivity index (χ0v) is 16.1. The Morgan fingerprint density at radius 1 is 1.04 bits per heavy atom. The van der Waals surface area contributed by atoms with E-state index in [0.29, 0.717) is 6.54 Å². The second-order valence-electron chi connectivity index (χ2n) is 6.42. The van der Waals surface area contributed by atoms with Crippen LogP contribution in [0.4, 0.5) is 5.69 Å². The van der Waals surface area contributed by atoms with Crippen LogP contribution in [-0.2, 0) is 21.2 Å². The molecule has 0 radical (unpaired) electrons. The van der Waals surface area contributed by atoms with Crippen molar-refractivity contribution in [3.8, 4) is 0 Å². The van der Waals surface area contributed by atoms with Crippen LogP contribution in [-0.4, -0.2) is 38.0 Å². The fourth-order valence-corrected chi connectivity index (χ4v) is 3.60. The van der Waals surface area contributed by atoms with Crippen LogP contribution in [0.2, 0.25) is 0 Å². The summed E-state index contributed by atoms with van der Waals surface area (Å²) >= 11 is 0. The Bertz CT molecular complexity index is 820. The molecule has 0 aliphatic carbocycles. The molecule has 2 aromatic carbocycles. The highest BCUT2D eigenvalue weighted by molar-refractivity contribution is 7.88. The van der Waals surface area contributed by atoms with Crippen LogP contribution in [0.5, 0.6) is 0 Å². The van der Waals surface area contributed by atoms with Crippen LogP contribution in [0, 0.1) is 6.92 Å². The summed E-state index contributed by atoms with van der Waals surface area (Å²) in [5.74, 6) is -0.188. The molecular formula is C20H26N2O3S. The van der Waals surface area contributed by atoms with Crippen molar-refractivity contribution < 1.29 is 13.2 Å². The average molecular weight is 375 g/mol. The van der Waals surface area contributed by atoms with E-state index in [1.807, 2.05) is 61.5 Å². The Labute approximate surface area is 156 Å². The predicted molar refractivity (Wildman–Crippen MR) is 106 cm³/mol. The molecule has 0 heterocycles. The summed E-state index contributed by atoms with van der Waals surface area (Å²) in [4.78, 5) is 12.1. The molecule has 0 fully saturated rings. The standard InChI is InChI=1S/C20H26N2O3S/c1-17-8-6-12-19(16-17)21-20(23)13-15-22(26(2,24)25)14-7-11-18-9-4-3-5-10-18/h3-6,8-10,12,16H,7,11,13-15H2,1-2H3,(H,21,23). The first-order valence-electron chi connectivity index (χ1n) is 8.70. The molecule has 26 heavy (non-hydrogen) atoms. The van der Waals surface area contributed by atoms with Crippen molar-refractivity contribution in [1.29, 1.82) is 0 Å². The Hall–Kier alpha value is -2.18. The number of hydrogen-bond acceptors (Lipinski definition) is 3. The number of benzene rings is 2. The zero-order chi connectivity index (χ0) is 19.0. The maximum Gasteiger partial charge on any atom is 0.225 e. The van der Waals surface area contributed by atoms with E-state index in [0.717, 1.165) is 24.1 Å². The van der Waals surface area contributed by atoms with Crippen LogP contribution >= 0.6 is 0 Å². The van der Waals surface area contributed by atoms with Crippen molar-refractivity contribution in [3.63, 3.8) is 0 Å². The van der Waals surface area contributed by atoms with Crippen LogP contribution in [0.3, 0.4) is 0 Å². The molecule has 0 saturated carbocycles. The van der Waals surface area contributed by atoms with E-state index in [1.165, 1.54) is 16.1 Å². The van der Waals surface area contributed by atoms with E-state index in [1.54, 1.807) is 0 Å². The molecule has 6 heteroatoms. The number of hydrogen-bond donors (Lipinski definition) is 1. The monoisotopic (exact) mass is 374 g/mol. The van der Waals surface area contributed by atoms with Crippen LogP contribution in [0.1, 0.15) is 24.0 Å². The van der Waals surface area contributed by atoms with Crippen LogP contribution < -0.4 is 5.32 Å². The summed E-state index contributed by atoms with van der Waals surface area (Å²) in [6.45, 7) is 2.55. The van der Waals surface area contributed by atoms with E-state index in [-0.39, 0.29) is 18.9 Å². The van der Waals surface area contributed by atoms with Gasteiger partial charge in [-0.3, -0.25) is 4.79 Å². The Kier molecular flexibility index (Phi) is 7.36. The molecular weight excluding hydrogens is 348 g/mol. The second-order valence-corrected chi connectivity index (χ2v) is 8.40. The average Bonchev–Trinajstić information content (AvgIpc) is 2.57. The van der Waals surface area contributed by atoms with Gasteiger partial charge in [-0.1, -0.05) is 42.5 Å². The molecule has 0 atom stereocenters. The van der Waals surface area contributed by atoms with Crippen molar-refractivity contribution in [3.05, 3.63) is 65.7 Å². The lowest BCUT2D eigenvalue weighted by Gasteiger charge is -2.19. The highest BCUT2D eigenvalue weighted by Crippen LogP contribution is 2.11. The van der Waals surface area contributed by atoms with E-state index >= 15 is 0 Å². The number of aryl methyl sites for hydroxylation is 2. The summed E-state index contributed by atoms with van der Waals surface area (Å²) in [6.07, 6.45) is 2.85. The summed E-state index contributed by atoms with van der Waals surface area (Å²) < 4.78 is 25.3. The molecule has 0 saturated heterocycles. The third-order valence-corrected chi connectivity index (χ3v) is 5.38. The molecule has 2 rings (SSSR count). The summed E-state index contributed by atoms with van der Waals surface area (Å²) in [7, 11) is -3.34. The SMILES string of the molecule is Cc1cccc(NC(=O)CCN(CCCc2ccccc2)S(C)(=O)=O)c1. The first kappa shape index (κ1) is 20.1. The van der Waals surface area contributed by atoms with Gasteiger partial charge in [-0.2, -0.15) is 0 Å². The topological polar surface area (TPSA) is 66.5 Å². The summed E-state index contributed by atoms with van der Waals surface area (Å²) in [5, 5.41) is 2.81. The number of carbonyl (C=O) groups excluding carboxylic acids is 1. The molecule has 0 aliphatic rings. The fourth-order valence-electron chi connectivity index (χ4n) is 2.72. The highest BCUT2D eigenvalue weighted by Gasteiger charge is 2.17. The molecule has 1 amide bonds. The lowest BCUT2D eigenvalue weighted by atomic mass is 10.1. The number of rotatable bonds is 9.